The van der Waals surface area contributed by atoms with E-state index in [0.717, 1.165) is 5.56 Å². The van der Waals surface area contributed by atoms with Gasteiger partial charge in [-0.05, 0) is 6.92 Å². The molecule has 0 fully saturated rings. The maximum atomic E-state index is 11.0. The van der Waals surface area contributed by atoms with E-state index < -0.39 is 11.1 Å². The zero-order valence-corrected chi connectivity index (χ0v) is 8.18. The van der Waals surface area contributed by atoms with Crippen LogP contribution in [0.25, 0.3) is 10.3 Å². The SMILES string of the molecule is Cc1c(Cl)sc2[nH]c(=O)c(=O)[nH]c12. The summed E-state index contributed by atoms with van der Waals surface area (Å²) in [6, 6.07) is 0. The van der Waals surface area contributed by atoms with Crippen LogP contribution in [0.5, 0.6) is 0 Å². The number of aromatic amines is 2. The second-order valence-corrected chi connectivity index (χ2v) is 4.24. The van der Waals surface area contributed by atoms with E-state index in [0.29, 0.717) is 14.7 Å². The lowest BCUT2D eigenvalue weighted by molar-refractivity contribution is 1.15. The highest BCUT2D eigenvalue weighted by atomic mass is 35.5. The van der Waals surface area contributed by atoms with E-state index in [4.69, 9.17) is 11.6 Å². The Hall–Kier alpha value is -1.07. The first kappa shape index (κ1) is 8.52. The number of fused-ring (bicyclic) bond motifs is 1. The molecule has 0 aliphatic carbocycles. The average Bonchev–Trinajstić information content (AvgIpc) is 2.32. The topological polar surface area (TPSA) is 65.7 Å². The second-order valence-electron chi connectivity index (χ2n) is 2.61. The first-order chi connectivity index (χ1) is 6.09. The quantitative estimate of drug-likeness (QED) is 0.651. The van der Waals surface area contributed by atoms with Gasteiger partial charge in [0.15, 0.2) is 0 Å². The Morgan fingerprint density at radius 3 is 2.54 bits per heavy atom. The molecule has 68 valence electrons. The van der Waals surface area contributed by atoms with Crippen LogP contribution in [0.15, 0.2) is 9.59 Å². The summed E-state index contributed by atoms with van der Waals surface area (Å²) in [6.07, 6.45) is 0. The first-order valence-corrected chi connectivity index (χ1v) is 4.70. The van der Waals surface area contributed by atoms with Crippen LogP contribution in [0.4, 0.5) is 0 Å². The maximum absolute atomic E-state index is 11.0. The van der Waals surface area contributed by atoms with E-state index >= 15 is 0 Å². The molecule has 0 saturated carbocycles. The van der Waals surface area contributed by atoms with Crippen molar-refractivity contribution >= 4 is 33.3 Å². The molecule has 0 spiro atoms. The van der Waals surface area contributed by atoms with E-state index in [9.17, 15) is 9.59 Å². The maximum Gasteiger partial charge on any atom is 0.314 e. The first-order valence-electron chi connectivity index (χ1n) is 3.51. The fraction of sp³-hybridized carbons (Fsp3) is 0.143. The molecule has 4 nitrogen and oxygen atoms in total. The van der Waals surface area contributed by atoms with Crippen LogP contribution in [-0.4, -0.2) is 9.97 Å². The predicted molar refractivity (Wildman–Crippen MR) is 52.8 cm³/mol. The van der Waals surface area contributed by atoms with Crippen LogP contribution < -0.4 is 11.1 Å². The van der Waals surface area contributed by atoms with Crippen molar-refractivity contribution in [3.8, 4) is 0 Å². The van der Waals surface area contributed by atoms with Gasteiger partial charge in [-0.3, -0.25) is 9.59 Å². The Morgan fingerprint density at radius 1 is 1.23 bits per heavy atom. The average molecular weight is 217 g/mol. The molecule has 0 bridgehead atoms. The van der Waals surface area contributed by atoms with Gasteiger partial charge in [-0.1, -0.05) is 11.6 Å². The Bertz CT molecular complexity index is 580. The number of H-pyrrole nitrogens is 2. The van der Waals surface area contributed by atoms with Gasteiger partial charge in [0.05, 0.1) is 5.52 Å². The molecule has 0 aromatic carbocycles. The molecule has 6 heteroatoms. The summed E-state index contributed by atoms with van der Waals surface area (Å²) in [5.41, 5.74) is 0.102. The highest BCUT2D eigenvalue weighted by molar-refractivity contribution is 7.22. The molecule has 0 aliphatic heterocycles. The van der Waals surface area contributed by atoms with Crippen LogP contribution in [0, 0.1) is 6.92 Å². The molecule has 0 unspecified atom stereocenters. The molecule has 0 radical (unpaired) electrons. The van der Waals surface area contributed by atoms with E-state index in [1.165, 1.54) is 11.3 Å². The van der Waals surface area contributed by atoms with Gasteiger partial charge in [0.1, 0.15) is 9.17 Å². The van der Waals surface area contributed by atoms with Crippen LogP contribution in [0.3, 0.4) is 0 Å². The molecular formula is C7H5ClN2O2S. The third-order valence-electron chi connectivity index (χ3n) is 1.76. The van der Waals surface area contributed by atoms with Crippen LogP contribution >= 0.6 is 22.9 Å². The highest BCUT2D eigenvalue weighted by Crippen LogP contribution is 2.30. The van der Waals surface area contributed by atoms with Gasteiger partial charge in [-0.15, -0.1) is 11.3 Å². The third kappa shape index (κ3) is 1.20. The van der Waals surface area contributed by atoms with Gasteiger partial charge < -0.3 is 9.97 Å². The number of hydrogen-bond donors (Lipinski definition) is 2. The number of nitrogens with one attached hydrogen (secondary N) is 2. The van der Waals surface area contributed by atoms with Crippen LogP contribution in [-0.2, 0) is 0 Å². The molecule has 2 aromatic rings. The Labute approximate surface area is 81.2 Å². The lowest BCUT2D eigenvalue weighted by Crippen LogP contribution is -2.28. The number of aryl methyl sites for hydroxylation is 1. The van der Waals surface area contributed by atoms with Crippen molar-refractivity contribution < 1.29 is 0 Å². The summed E-state index contributed by atoms with van der Waals surface area (Å²) < 4.78 is 0.576. The minimum Gasteiger partial charge on any atom is -0.315 e. The summed E-state index contributed by atoms with van der Waals surface area (Å²) in [7, 11) is 0. The van der Waals surface area contributed by atoms with Crippen molar-refractivity contribution in [1.29, 1.82) is 0 Å². The standard InChI is InChI=1S/C7H5ClN2O2S/c1-2-3-7(13-4(2)8)10-6(12)5(11)9-3/h1H3,(H,9,11)(H,10,12). The summed E-state index contributed by atoms with van der Waals surface area (Å²) in [4.78, 5) is 27.4. The minimum absolute atomic E-state index is 0.576. The number of halogens is 1. The van der Waals surface area contributed by atoms with E-state index in [1.54, 1.807) is 6.92 Å². The smallest absolute Gasteiger partial charge is 0.314 e. The zero-order valence-electron chi connectivity index (χ0n) is 6.60. The van der Waals surface area contributed by atoms with Gasteiger partial charge in [0.2, 0.25) is 0 Å². The molecule has 0 amide bonds. The summed E-state index contributed by atoms with van der Waals surface area (Å²) >= 11 is 7.07. The Kier molecular flexibility index (Phi) is 1.78. The summed E-state index contributed by atoms with van der Waals surface area (Å²) in [5.74, 6) is 0. The van der Waals surface area contributed by atoms with E-state index in [1.807, 2.05) is 0 Å². The largest absolute Gasteiger partial charge is 0.315 e. The number of thiophene rings is 1. The second kappa shape index (κ2) is 2.71. The molecule has 0 saturated heterocycles. The normalized spacial score (nSPS) is 10.9. The summed E-state index contributed by atoms with van der Waals surface area (Å²) in [5, 5.41) is 0. The number of hydrogen-bond acceptors (Lipinski definition) is 3. The van der Waals surface area contributed by atoms with Crippen molar-refractivity contribution in [2.24, 2.45) is 0 Å². The van der Waals surface area contributed by atoms with E-state index in [2.05, 4.69) is 9.97 Å². The van der Waals surface area contributed by atoms with Crippen molar-refractivity contribution in [1.82, 2.24) is 9.97 Å². The number of rotatable bonds is 0. The molecule has 2 aromatic heterocycles. The molecule has 13 heavy (non-hydrogen) atoms. The predicted octanol–water partition coefficient (Wildman–Crippen LogP) is 1.24. The Morgan fingerprint density at radius 2 is 1.85 bits per heavy atom. The number of aromatic nitrogens is 2. The van der Waals surface area contributed by atoms with Gasteiger partial charge in [0, 0.05) is 5.56 Å². The van der Waals surface area contributed by atoms with Gasteiger partial charge in [-0.2, -0.15) is 0 Å². The summed E-state index contributed by atoms with van der Waals surface area (Å²) in [6.45, 7) is 1.79. The van der Waals surface area contributed by atoms with Gasteiger partial charge >= 0.3 is 11.1 Å². The third-order valence-corrected chi connectivity index (χ3v) is 3.27. The van der Waals surface area contributed by atoms with Crippen LogP contribution in [0.2, 0.25) is 4.34 Å². The molecule has 0 atom stereocenters. The zero-order chi connectivity index (χ0) is 9.59. The molecule has 2 N–H and O–H groups in total. The highest BCUT2D eigenvalue weighted by Gasteiger charge is 2.08. The lowest BCUT2D eigenvalue weighted by Gasteiger charge is -1.88. The van der Waals surface area contributed by atoms with Gasteiger partial charge in [-0.25, -0.2) is 0 Å². The molecule has 0 aliphatic rings. The minimum atomic E-state index is -0.648. The van der Waals surface area contributed by atoms with Crippen molar-refractivity contribution in [2.45, 2.75) is 6.92 Å². The lowest BCUT2D eigenvalue weighted by atomic mass is 10.3. The molecule has 2 heterocycles. The van der Waals surface area contributed by atoms with Crippen LogP contribution in [0.1, 0.15) is 5.56 Å². The molecular weight excluding hydrogens is 212 g/mol. The molecule has 2 rings (SSSR count). The van der Waals surface area contributed by atoms with Crippen molar-refractivity contribution in [3.05, 3.63) is 30.6 Å². The fourth-order valence-corrected chi connectivity index (χ4v) is 2.26. The van der Waals surface area contributed by atoms with Crippen molar-refractivity contribution in [2.75, 3.05) is 0 Å². The van der Waals surface area contributed by atoms with E-state index in [-0.39, 0.29) is 0 Å². The Balaban J connectivity index is 3.06. The fourth-order valence-electron chi connectivity index (χ4n) is 1.05. The monoisotopic (exact) mass is 216 g/mol. The van der Waals surface area contributed by atoms with Crippen molar-refractivity contribution in [3.63, 3.8) is 0 Å². The van der Waals surface area contributed by atoms with Gasteiger partial charge in [0.25, 0.3) is 0 Å².